The number of carbonyl (C=O) groups is 1. The quantitative estimate of drug-likeness (QED) is 0.680. The number of alkyl halides is 3. The third kappa shape index (κ3) is 6.73. The standard InChI is InChI=1S/C12H11BrClN3.C2HF3O2/c13-11-5-8(14)1-4-12(11)17-10-3-2-9(6-15)16-7-10;3-2(4,5)1(6)7/h1-5,7,17H,6,15H2;(H,6,7). The first-order valence-electron chi connectivity index (χ1n) is 6.30. The number of aliphatic carboxylic acids is 1. The molecule has 0 aliphatic heterocycles. The van der Waals surface area contributed by atoms with Gasteiger partial charge in [-0.15, -0.1) is 0 Å². The van der Waals surface area contributed by atoms with Gasteiger partial charge >= 0.3 is 12.1 Å². The molecule has 1 aromatic heterocycles. The Morgan fingerprint density at radius 3 is 2.38 bits per heavy atom. The highest BCUT2D eigenvalue weighted by Crippen LogP contribution is 2.28. The van der Waals surface area contributed by atoms with Crippen molar-refractivity contribution in [3.63, 3.8) is 0 Å². The van der Waals surface area contributed by atoms with Crippen molar-refractivity contribution in [2.24, 2.45) is 5.73 Å². The highest BCUT2D eigenvalue weighted by Gasteiger charge is 2.38. The monoisotopic (exact) mass is 425 g/mol. The normalized spacial score (nSPS) is 10.6. The summed E-state index contributed by atoms with van der Waals surface area (Å²) in [6, 6.07) is 9.41. The molecule has 0 unspecified atom stereocenters. The van der Waals surface area contributed by atoms with E-state index in [4.69, 9.17) is 27.2 Å². The number of halogens is 5. The van der Waals surface area contributed by atoms with E-state index in [1.54, 1.807) is 6.20 Å². The molecule has 0 saturated carbocycles. The van der Waals surface area contributed by atoms with E-state index >= 15 is 0 Å². The average Bonchev–Trinajstić information content (AvgIpc) is 2.50. The van der Waals surface area contributed by atoms with E-state index in [2.05, 4.69) is 26.2 Å². The maximum Gasteiger partial charge on any atom is 0.490 e. The Morgan fingerprint density at radius 2 is 1.96 bits per heavy atom. The molecule has 0 saturated heterocycles. The van der Waals surface area contributed by atoms with Crippen LogP contribution in [-0.4, -0.2) is 22.2 Å². The molecule has 1 aromatic carbocycles. The average molecular weight is 427 g/mol. The highest BCUT2D eigenvalue weighted by atomic mass is 79.9. The van der Waals surface area contributed by atoms with Crippen molar-refractivity contribution in [1.82, 2.24) is 4.98 Å². The highest BCUT2D eigenvalue weighted by molar-refractivity contribution is 9.10. The number of anilines is 2. The van der Waals surface area contributed by atoms with Gasteiger partial charge < -0.3 is 16.2 Å². The van der Waals surface area contributed by atoms with E-state index < -0.39 is 12.1 Å². The molecule has 2 aromatic rings. The van der Waals surface area contributed by atoms with Crippen molar-refractivity contribution < 1.29 is 23.1 Å². The zero-order valence-corrected chi connectivity index (χ0v) is 14.3. The minimum absolute atomic E-state index is 0.449. The lowest BCUT2D eigenvalue weighted by molar-refractivity contribution is -0.192. The molecule has 130 valence electrons. The summed E-state index contributed by atoms with van der Waals surface area (Å²) < 4.78 is 32.6. The topological polar surface area (TPSA) is 88.2 Å². The molecule has 10 heteroatoms. The van der Waals surface area contributed by atoms with E-state index in [-0.39, 0.29) is 0 Å². The minimum Gasteiger partial charge on any atom is -0.475 e. The predicted molar refractivity (Wildman–Crippen MR) is 88.3 cm³/mol. The zero-order chi connectivity index (χ0) is 18.3. The van der Waals surface area contributed by atoms with Crippen LogP contribution in [0.4, 0.5) is 24.5 Å². The van der Waals surface area contributed by atoms with Gasteiger partial charge in [0, 0.05) is 16.0 Å². The number of benzene rings is 1. The van der Waals surface area contributed by atoms with Gasteiger partial charge in [-0.25, -0.2) is 4.79 Å². The lowest BCUT2D eigenvalue weighted by Gasteiger charge is -2.08. The van der Waals surface area contributed by atoms with Crippen molar-refractivity contribution >= 4 is 44.9 Å². The van der Waals surface area contributed by atoms with Gasteiger partial charge in [0.05, 0.1) is 23.3 Å². The van der Waals surface area contributed by atoms with E-state index in [1.807, 2.05) is 30.3 Å². The zero-order valence-electron chi connectivity index (χ0n) is 11.9. The first kappa shape index (κ1) is 20.2. The Labute approximate surface area is 148 Å². The largest absolute Gasteiger partial charge is 0.490 e. The molecule has 0 aliphatic carbocycles. The predicted octanol–water partition coefficient (Wildman–Crippen LogP) is 4.33. The fourth-order valence-electron chi connectivity index (χ4n) is 1.37. The Morgan fingerprint density at radius 1 is 1.33 bits per heavy atom. The Kier molecular flexibility index (Phi) is 7.46. The van der Waals surface area contributed by atoms with Crippen molar-refractivity contribution in [2.45, 2.75) is 12.7 Å². The van der Waals surface area contributed by atoms with E-state index in [0.29, 0.717) is 11.6 Å². The summed E-state index contributed by atoms with van der Waals surface area (Å²) in [4.78, 5) is 13.1. The number of nitrogens with zero attached hydrogens (tertiary/aromatic N) is 1. The second-order valence-electron chi connectivity index (χ2n) is 4.29. The first-order chi connectivity index (χ1) is 11.1. The summed E-state index contributed by atoms with van der Waals surface area (Å²) in [5, 5.41) is 11.1. The fourth-order valence-corrected chi connectivity index (χ4v) is 2.15. The van der Waals surface area contributed by atoms with Gasteiger partial charge in [-0.3, -0.25) is 4.98 Å². The number of aromatic nitrogens is 1. The third-order valence-corrected chi connectivity index (χ3v) is 3.38. The molecule has 0 spiro atoms. The number of carboxylic acids is 1. The number of rotatable bonds is 3. The van der Waals surface area contributed by atoms with Gasteiger partial charge in [0.1, 0.15) is 0 Å². The van der Waals surface area contributed by atoms with Crippen LogP contribution in [0.25, 0.3) is 0 Å². The number of hydrogen-bond donors (Lipinski definition) is 3. The molecule has 5 nitrogen and oxygen atoms in total. The maximum absolute atomic E-state index is 10.6. The SMILES string of the molecule is NCc1ccc(Nc2ccc(Cl)cc2Br)cn1.O=C(O)C(F)(F)F. The van der Waals surface area contributed by atoms with Gasteiger partial charge in [-0.1, -0.05) is 11.6 Å². The lowest BCUT2D eigenvalue weighted by atomic mass is 10.3. The second kappa shape index (κ2) is 8.86. The summed E-state index contributed by atoms with van der Waals surface area (Å²) in [5.74, 6) is -2.76. The first-order valence-corrected chi connectivity index (χ1v) is 7.47. The molecule has 0 aliphatic rings. The minimum atomic E-state index is -5.08. The molecule has 1 heterocycles. The molecule has 4 N–H and O–H groups in total. The van der Waals surface area contributed by atoms with Crippen LogP contribution in [0.15, 0.2) is 41.0 Å². The van der Waals surface area contributed by atoms with Gasteiger partial charge in [0.2, 0.25) is 0 Å². The molecule has 2 rings (SSSR count). The van der Waals surface area contributed by atoms with Crippen LogP contribution < -0.4 is 11.1 Å². The Bertz CT molecular complexity index is 697. The third-order valence-electron chi connectivity index (χ3n) is 2.49. The smallest absolute Gasteiger partial charge is 0.475 e. The van der Waals surface area contributed by atoms with Crippen molar-refractivity contribution in [1.29, 1.82) is 0 Å². The number of hydrogen-bond acceptors (Lipinski definition) is 4. The molecule has 24 heavy (non-hydrogen) atoms. The molecule has 0 bridgehead atoms. The number of nitrogens with two attached hydrogens (primary N) is 1. The fraction of sp³-hybridized carbons (Fsp3) is 0.143. The maximum atomic E-state index is 10.6. The van der Waals surface area contributed by atoms with Crippen LogP contribution in [-0.2, 0) is 11.3 Å². The van der Waals surface area contributed by atoms with E-state index in [1.165, 1.54) is 0 Å². The van der Waals surface area contributed by atoms with Gasteiger partial charge in [0.15, 0.2) is 0 Å². The van der Waals surface area contributed by atoms with Crippen LogP contribution in [0.3, 0.4) is 0 Å². The van der Waals surface area contributed by atoms with Crippen LogP contribution in [0.2, 0.25) is 5.02 Å². The van der Waals surface area contributed by atoms with Gasteiger partial charge in [0.25, 0.3) is 0 Å². The second-order valence-corrected chi connectivity index (χ2v) is 5.59. The molecule has 0 atom stereocenters. The number of pyridine rings is 1. The Hall–Kier alpha value is -1.84. The number of nitrogens with one attached hydrogen (secondary N) is 1. The van der Waals surface area contributed by atoms with Crippen LogP contribution in [0.1, 0.15) is 5.69 Å². The van der Waals surface area contributed by atoms with Gasteiger partial charge in [-0.2, -0.15) is 13.2 Å². The van der Waals surface area contributed by atoms with Gasteiger partial charge in [-0.05, 0) is 46.3 Å². The number of carboxylic acid groups (broad SMARTS) is 1. The Balaban J connectivity index is 0.000000351. The van der Waals surface area contributed by atoms with Crippen molar-refractivity contribution in [2.75, 3.05) is 5.32 Å². The van der Waals surface area contributed by atoms with E-state index in [0.717, 1.165) is 21.5 Å². The van der Waals surface area contributed by atoms with E-state index in [9.17, 15) is 13.2 Å². The molecular formula is C14H12BrClF3N3O2. The van der Waals surface area contributed by atoms with Crippen molar-refractivity contribution in [3.8, 4) is 0 Å². The summed E-state index contributed by atoms with van der Waals surface area (Å²) in [7, 11) is 0. The lowest BCUT2D eigenvalue weighted by Crippen LogP contribution is -2.21. The molecule has 0 amide bonds. The van der Waals surface area contributed by atoms with Crippen molar-refractivity contribution in [3.05, 3.63) is 51.7 Å². The van der Waals surface area contributed by atoms with Crippen LogP contribution >= 0.6 is 27.5 Å². The van der Waals surface area contributed by atoms with Crippen LogP contribution in [0.5, 0.6) is 0 Å². The molecule has 0 fully saturated rings. The summed E-state index contributed by atoms with van der Waals surface area (Å²) >= 11 is 9.32. The molecular weight excluding hydrogens is 415 g/mol. The van der Waals surface area contributed by atoms with Crippen LogP contribution in [0, 0.1) is 0 Å². The summed E-state index contributed by atoms with van der Waals surface area (Å²) in [5.41, 5.74) is 8.20. The summed E-state index contributed by atoms with van der Waals surface area (Å²) in [6.45, 7) is 0.449. The molecule has 0 radical (unpaired) electrons. The summed E-state index contributed by atoms with van der Waals surface area (Å²) in [6.07, 6.45) is -3.33.